The lowest BCUT2D eigenvalue weighted by Crippen LogP contribution is -2.38. The van der Waals surface area contributed by atoms with Gasteiger partial charge in [-0.1, -0.05) is 23.2 Å². The van der Waals surface area contributed by atoms with Crippen LogP contribution in [-0.2, 0) is 0 Å². The Bertz CT molecular complexity index is 600. The zero-order chi connectivity index (χ0) is 15.1. The maximum atomic E-state index is 12.3. The van der Waals surface area contributed by atoms with Gasteiger partial charge < -0.3 is 5.32 Å². The Labute approximate surface area is 131 Å². The van der Waals surface area contributed by atoms with Crippen LogP contribution in [0.5, 0.6) is 0 Å². The van der Waals surface area contributed by atoms with Crippen LogP contribution in [0.4, 0.5) is 5.69 Å². The van der Waals surface area contributed by atoms with Gasteiger partial charge in [0.05, 0.1) is 9.95 Å². The largest absolute Gasteiger partial charge is 0.349 e. The summed E-state index contributed by atoms with van der Waals surface area (Å²) >= 11 is 11.7. The first-order valence-corrected chi connectivity index (χ1v) is 7.67. The van der Waals surface area contributed by atoms with Crippen LogP contribution in [0.25, 0.3) is 0 Å². The number of nitrogens with zero attached hydrogens (tertiary/aromatic N) is 1. The van der Waals surface area contributed by atoms with E-state index < -0.39 is 4.92 Å². The normalized spacial score (nSPS) is 17.9. The number of hydrogen-bond acceptors (Lipinski definition) is 3. The van der Waals surface area contributed by atoms with Crippen molar-refractivity contribution in [2.75, 3.05) is 0 Å². The van der Waals surface area contributed by atoms with Crippen molar-refractivity contribution in [2.45, 2.75) is 31.7 Å². The van der Waals surface area contributed by atoms with Crippen LogP contribution < -0.4 is 5.32 Å². The third kappa shape index (κ3) is 3.14. The number of amides is 1. The van der Waals surface area contributed by atoms with Crippen molar-refractivity contribution in [3.8, 4) is 0 Å². The van der Waals surface area contributed by atoms with Gasteiger partial charge in [-0.2, -0.15) is 0 Å². The van der Waals surface area contributed by atoms with Crippen LogP contribution in [0.3, 0.4) is 0 Å². The van der Waals surface area contributed by atoms with Crippen molar-refractivity contribution in [3.63, 3.8) is 0 Å². The molecule has 112 valence electrons. The van der Waals surface area contributed by atoms with Crippen molar-refractivity contribution in [2.24, 2.45) is 11.8 Å². The number of nitro groups is 1. The Morgan fingerprint density at radius 3 is 2.29 bits per heavy atom. The summed E-state index contributed by atoms with van der Waals surface area (Å²) in [4.78, 5) is 22.6. The van der Waals surface area contributed by atoms with E-state index in [9.17, 15) is 14.9 Å². The number of nitrogens with one attached hydrogen (secondary N) is 1. The maximum absolute atomic E-state index is 12.3. The first kappa shape index (κ1) is 14.6. The van der Waals surface area contributed by atoms with E-state index in [2.05, 4.69) is 5.32 Å². The Balaban J connectivity index is 1.82. The van der Waals surface area contributed by atoms with Crippen molar-refractivity contribution in [3.05, 3.63) is 37.9 Å². The molecule has 1 aromatic rings. The molecular formula is C14H14Cl2N2O3. The van der Waals surface area contributed by atoms with Gasteiger partial charge in [-0.05, 0) is 43.6 Å². The summed E-state index contributed by atoms with van der Waals surface area (Å²) in [5.74, 6) is 0.791. The first-order chi connectivity index (χ1) is 9.97. The summed E-state index contributed by atoms with van der Waals surface area (Å²) in [5, 5.41) is 13.8. The molecule has 5 nitrogen and oxygen atoms in total. The summed E-state index contributed by atoms with van der Waals surface area (Å²) in [6.07, 6.45) is 4.57. The van der Waals surface area contributed by atoms with Gasteiger partial charge in [0.2, 0.25) is 0 Å². The summed E-state index contributed by atoms with van der Waals surface area (Å²) in [6, 6.07) is 2.75. The third-order valence-electron chi connectivity index (χ3n) is 4.03. The number of halogens is 2. The Kier molecular flexibility index (Phi) is 3.80. The van der Waals surface area contributed by atoms with Gasteiger partial charge in [0.25, 0.3) is 11.6 Å². The van der Waals surface area contributed by atoms with E-state index in [1.807, 2.05) is 0 Å². The molecule has 7 heteroatoms. The molecule has 2 aliphatic carbocycles. The molecule has 2 aliphatic rings. The molecule has 0 unspecified atom stereocenters. The second-order valence-electron chi connectivity index (χ2n) is 5.72. The average Bonchev–Trinajstić information content (AvgIpc) is 3.30. The van der Waals surface area contributed by atoms with E-state index in [1.165, 1.54) is 12.1 Å². The summed E-state index contributed by atoms with van der Waals surface area (Å²) in [7, 11) is 0. The van der Waals surface area contributed by atoms with Crippen LogP contribution in [0, 0.1) is 22.0 Å². The van der Waals surface area contributed by atoms with Crippen molar-refractivity contribution < 1.29 is 9.72 Å². The van der Waals surface area contributed by atoms with Crippen LogP contribution in [0.2, 0.25) is 10.0 Å². The fourth-order valence-corrected chi connectivity index (χ4v) is 3.00. The quantitative estimate of drug-likeness (QED) is 0.659. The van der Waals surface area contributed by atoms with Crippen LogP contribution in [0.15, 0.2) is 12.1 Å². The average molecular weight is 329 g/mol. The van der Waals surface area contributed by atoms with E-state index in [4.69, 9.17) is 23.2 Å². The van der Waals surface area contributed by atoms with E-state index >= 15 is 0 Å². The first-order valence-electron chi connectivity index (χ1n) is 6.91. The van der Waals surface area contributed by atoms with Crippen LogP contribution in [0.1, 0.15) is 36.0 Å². The third-order valence-corrected chi connectivity index (χ3v) is 4.82. The fraction of sp³-hybridized carbons (Fsp3) is 0.500. The molecule has 21 heavy (non-hydrogen) atoms. The minimum absolute atomic E-state index is 0.0189. The van der Waals surface area contributed by atoms with E-state index in [0.29, 0.717) is 11.8 Å². The number of carbonyl (C=O) groups excluding carboxylic acids is 1. The fourth-order valence-electron chi connectivity index (χ4n) is 2.60. The molecule has 0 aliphatic heterocycles. The highest BCUT2D eigenvalue weighted by atomic mass is 35.5. The Hall–Kier alpha value is -1.33. The molecule has 0 aromatic heterocycles. The van der Waals surface area contributed by atoms with E-state index in [-0.39, 0.29) is 33.2 Å². The molecule has 0 radical (unpaired) electrons. The lowest BCUT2D eigenvalue weighted by Gasteiger charge is -2.17. The molecule has 1 amide bonds. The standard InChI is InChI=1S/C14H14Cl2N2O3/c15-10-5-9(6-11(12(10)16)18(20)21)14(19)17-13(7-1-2-7)8-3-4-8/h5-8,13H,1-4H2,(H,17,19). The summed E-state index contributed by atoms with van der Waals surface area (Å²) in [6.45, 7) is 0. The predicted molar refractivity (Wildman–Crippen MR) is 79.8 cm³/mol. The number of benzene rings is 1. The van der Waals surface area contributed by atoms with Gasteiger partial charge >= 0.3 is 0 Å². The Morgan fingerprint density at radius 1 is 1.24 bits per heavy atom. The lowest BCUT2D eigenvalue weighted by atomic mass is 10.1. The highest BCUT2D eigenvalue weighted by molar-refractivity contribution is 6.43. The zero-order valence-electron chi connectivity index (χ0n) is 11.1. The predicted octanol–water partition coefficient (Wildman–Crippen LogP) is 3.82. The molecule has 0 saturated heterocycles. The smallest absolute Gasteiger partial charge is 0.290 e. The highest BCUT2D eigenvalue weighted by Gasteiger charge is 2.42. The van der Waals surface area contributed by atoms with Gasteiger partial charge in [-0.3, -0.25) is 14.9 Å². The molecule has 1 aromatic carbocycles. The van der Waals surface area contributed by atoms with Gasteiger partial charge in [-0.15, -0.1) is 0 Å². The minimum atomic E-state index is -0.635. The number of nitro benzene ring substituents is 1. The zero-order valence-corrected chi connectivity index (χ0v) is 12.7. The molecule has 2 fully saturated rings. The highest BCUT2D eigenvalue weighted by Crippen LogP contribution is 2.44. The second kappa shape index (κ2) is 5.46. The molecule has 0 bridgehead atoms. The number of carbonyl (C=O) groups is 1. The number of rotatable bonds is 5. The van der Waals surface area contributed by atoms with Gasteiger partial charge in [-0.25, -0.2) is 0 Å². The van der Waals surface area contributed by atoms with E-state index in [0.717, 1.165) is 25.7 Å². The molecule has 0 atom stereocenters. The van der Waals surface area contributed by atoms with E-state index in [1.54, 1.807) is 0 Å². The Morgan fingerprint density at radius 2 is 1.81 bits per heavy atom. The molecular weight excluding hydrogens is 315 g/mol. The molecule has 0 heterocycles. The minimum Gasteiger partial charge on any atom is -0.349 e. The van der Waals surface area contributed by atoms with Crippen LogP contribution >= 0.6 is 23.2 Å². The van der Waals surface area contributed by atoms with Gasteiger partial charge in [0.1, 0.15) is 5.02 Å². The van der Waals surface area contributed by atoms with Crippen molar-refractivity contribution >= 4 is 34.8 Å². The number of hydrogen-bond donors (Lipinski definition) is 1. The van der Waals surface area contributed by atoms with Gasteiger partial charge in [0, 0.05) is 17.7 Å². The maximum Gasteiger partial charge on any atom is 0.290 e. The van der Waals surface area contributed by atoms with Gasteiger partial charge in [0.15, 0.2) is 0 Å². The SMILES string of the molecule is O=C(NC(C1CC1)C1CC1)c1cc(Cl)c(Cl)c([N+](=O)[O-])c1. The summed E-state index contributed by atoms with van der Waals surface area (Å²) < 4.78 is 0. The topological polar surface area (TPSA) is 72.2 Å². The molecule has 2 saturated carbocycles. The molecule has 3 rings (SSSR count). The van der Waals surface area contributed by atoms with Crippen molar-refractivity contribution in [1.29, 1.82) is 0 Å². The van der Waals surface area contributed by atoms with Crippen LogP contribution in [-0.4, -0.2) is 16.9 Å². The molecule has 0 spiro atoms. The van der Waals surface area contributed by atoms with Crippen molar-refractivity contribution in [1.82, 2.24) is 5.32 Å². The lowest BCUT2D eigenvalue weighted by molar-refractivity contribution is -0.384. The molecule has 1 N–H and O–H groups in total. The monoisotopic (exact) mass is 328 g/mol. The summed E-state index contributed by atoms with van der Waals surface area (Å²) in [5.41, 5.74) is -0.161. The second-order valence-corrected chi connectivity index (χ2v) is 6.51.